The van der Waals surface area contributed by atoms with E-state index >= 15 is 4.39 Å². The van der Waals surface area contributed by atoms with Crippen LogP contribution in [0.2, 0.25) is 10.0 Å². The Bertz CT molecular complexity index is 1700. The van der Waals surface area contributed by atoms with E-state index in [1.54, 1.807) is 24.3 Å². The third-order valence-electron chi connectivity index (χ3n) is 9.41. The Labute approximate surface area is 273 Å². The number of likely N-dealkylation sites (tertiary alicyclic amines) is 1. The van der Waals surface area contributed by atoms with E-state index in [1.807, 2.05) is 66.7 Å². The second-order valence-corrected chi connectivity index (χ2v) is 14.2. The van der Waals surface area contributed by atoms with Gasteiger partial charge < -0.3 is 15.5 Å². The summed E-state index contributed by atoms with van der Waals surface area (Å²) in [7, 11) is 0. The third-order valence-corrected chi connectivity index (χ3v) is 9.93. The molecule has 45 heavy (non-hydrogen) atoms. The summed E-state index contributed by atoms with van der Waals surface area (Å²) in [5.74, 6) is -1.81. The number of aliphatic hydroxyl groups is 2. The molecule has 6 atom stereocenters. The summed E-state index contributed by atoms with van der Waals surface area (Å²) >= 11 is 12.8. The highest BCUT2D eigenvalue weighted by Gasteiger charge is 2.69. The van der Waals surface area contributed by atoms with Gasteiger partial charge in [0, 0.05) is 28.7 Å². The first-order chi connectivity index (χ1) is 21.5. The average molecular weight is 648 g/mol. The zero-order valence-corrected chi connectivity index (χ0v) is 26.9. The molecule has 2 aliphatic rings. The summed E-state index contributed by atoms with van der Waals surface area (Å²) in [6.45, 7) is 5.89. The highest BCUT2D eigenvalue weighted by Crippen LogP contribution is 2.62. The zero-order chi connectivity index (χ0) is 32.1. The first-order valence-electron chi connectivity index (χ1n) is 15.2. The van der Waals surface area contributed by atoms with Crippen molar-refractivity contribution in [1.82, 2.24) is 4.90 Å². The molecule has 5 nitrogen and oxygen atoms in total. The van der Waals surface area contributed by atoms with Gasteiger partial charge in [0.05, 0.1) is 23.8 Å². The van der Waals surface area contributed by atoms with Gasteiger partial charge in [0.1, 0.15) is 11.2 Å². The lowest BCUT2D eigenvalue weighted by atomic mass is 9.62. The van der Waals surface area contributed by atoms with Crippen LogP contribution in [0.3, 0.4) is 0 Å². The van der Waals surface area contributed by atoms with Gasteiger partial charge in [-0.2, -0.15) is 0 Å². The van der Waals surface area contributed by atoms with Crippen LogP contribution in [-0.2, 0) is 10.2 Å². The third kappa shape index (κ3) is 5.37. The molecule has 1 fully saturated rings. The van der Waals surface area contributed by atoms with Gasteiger partial charge in [0.15, 0.2) is 0 Å². The molecule has 1 amide bonds. The van der Waals surface area contributed by atoms with Crippen LogP contribution in [0.4, 0.5) is 10.1 Å². The fourth-order valence-corrected chi connectivity index (χ4v) is 8.13. The molecule has 0 saturated carbocycles. The lowest BCUT2D eigenvalue weighted by molar-refractivity contribution is -0.123. The second-order valence-electron chi connectivity index (χ2n) is 13.3. The van der Waals surface area contributed by atoms with E-state index < -0.39 is 48.0 Å². The van der Waals surface area contributed by atoms with Crippen molar-refractivity contribution in [2.75, 3.05) is 11.9 Å². The van der Waals surface area contributed by atoms with Crippen LogP contribution in [0.25, 0.3) is 0 Å². The SMILES string of the molecule is CC(C)(C)C[C@H]1N(C(c2ccccc2)[C@@H](O)c2ccccc2)[C@@H](CO)[C@H](c2cccc(Cl)c2F)[C@@]12C(=O)Nc1cc(Cl)ccc12. The molecule has 0 aromatic heterocycles. The van der Waals surface area contributed by atoms with Crippen LogP contribution in [0, 0.1) is 11.2 Å². The number of rotatable bonds is 7. The molecule has 3 N–H and O–H groups in total. The molecule has 4 aromatic rings. The molecule has 0 bridgehead atoms. The van der Waals surface area contributed by atoms with Gasteiger partial charge in [-0.3, -0.25) is 9.69 Å². The predicted octanol–water partition coefficient (Wildman–Crippen LogP) is 8.06. The highest BCUT2D eigenvalue weighted by molar-refractivity contribution is 6.31. The van der Waals surface area contributed by atoms with E-state index in [1.165, 1.54) is 6.07 Å². The number of fused-ring (bicyclic) bond motifs is 2. The Balaban J connectivity index is 1.70. The Kier molecular flexibility index (Phi) is 8.57. The van der Waals surface area contributed by atoms with Crippen molar-refractivity contribution in [1.29, 1.82) is 0 Å². The fraction of sp³-hybridized carbons (Fsp3) is 0.324. The molecule has 1 unspecified atom stereocenters. The smallest absolute Gasteiger partial charge is 0.237 e. The maximum atomic E-state index is 16.3. The average Bonchev–Trinajstić information content (AvgIpc) is 3.45. The summed E-state index contributed by atoms with van der Waals surface area (Å²) in [5.41, 5.74) is 1.29. The van der Waals surface area contributed by atoms with Gasteiger partial charge >= 0.3 is 0 Å². The van der Waals surface area contributed by atoms with Gasteiger partial charge in [0.2, 0.25) is 5.91 Å². The van der Waals surface area contributed by atoms with Crippen LogP contribution in [-0.4, -0.2) is 39.7 Å². The van der Waals surface area contributed by atoms with E-state index in [2.05, 4.69) is 31.0 Å². The molecule has 2 aliphatic heterocycles. The predicted molar refractivity (Wildman–Crippen MR) is 177 cm³/mol. The quantitative estimate of drug-likeness (QED) is 0.190. The lowest BCUT2D eigenvalue weighted by Gasteiger charge is -2.44. The molecular weight excluding hydrogens is 610 g/mol. The summed E-state index contributed by atoms with van der Waals surface area (Å²) < 4.78 is 16.3. The molecule has 4 aromatic carbocycles. The minimum Gasteiger partial charge on any atom is -0.395 e. The van der Waals surface area contributed by atoms with Crippen molar-refractivity contribution in [3.8, 4) is 0 Å². The lowest BCUT2D eigenvalue weighted by Crippen LogP contribution is -2.52. The molecule has 0 aliphatic carbocycles. The van der Waals surface area contributed by atoms with Crippen molar-refractivity contribution in [3.63, 3.8) is 0 Å². The van der Waals surface area contributed by atoms with Crippen molar-refractivity contribution < 1.29 is 19.4 Å². The standard InChI is InChI=1S/C37H37Cl2FN2O3/c1-36(2,3)20-30-37(26-18-17-24(38)19-28(26)41-35(37)45)31(25-15-10-16-27(39)32(25)40)29(21-43)42(30)33(22-11-6-4-7-12-22)34(44)23-13-8-5-9-14-23/h4-19,29-31,33-34,43-44H,20-21H2,1-3H3,(H,41,45)/t29-,30+,31-,33?,34-,37-/m0/s1. The number of benzene rings is 4. The van der Waals surface area contributed by atoms with Crippen molar-refractivity contribution in [3.05, 3.63) is 135 Å². The first-order valence-corrected chi connectivity index (χ1v) is 16.0. The van der Waals surface area contributed by atoms with Crippen LogP contribution >= 0.6 is 23.2 Å². The molecule has 1 spiro atoms. The Morgan fingerprint density at radius 3 is 2.20 bits per heavy atom. The monoisotopic (exact) mass is 646 g/mol. The minimum absolute atomic E-state index is 0.0659. The topological polar surface area (TPSA) is 72.8 Å². The van der Waals surface area contributed by atoms with Gasteiger partial charge in [0.25, 0.3) is 0 Å². The second kappa shape index (κ2) is 12.2. The number of nitrogens with zero attached hydrogens (tertiary/aromatic N) is 1. The first kappa shape index (κ1) is 31.7. The van der Waals surface area contributed by atoms with Gasteiger partial charge in [-0.15, -0.1) is 0 Å². The number of carbonyl (C=O) groups is 1. The van der Waals surface area contributed by atoms with E-state index in [9.17, 15) is 15.0 Å². The molecule has 2 heterocycles. The Morgan fingerprint density at radius 2 is 1.58 bits per heavy atom. The molecule has 0 radical (unpaired) electrons. The highest BCUT2D eigenvalue weighted by atomic mass is 35.5. The number of hydrogen-bond acceptors (Lipinski definition) is 4. The largest absolute Gasteiger partial charge is 0.395 e. The van der Waals surface area contributed by atoms with Crippen LogP contribution in [0.15, 0.2) is 97.1 Å². The number of carbonyl (C=O) groups excluding carboxylic acids is 1. The van der Waals surface area contributed by atoms with Crippen LogP contribution < -0.4 is 5.32 Å². The minimum atomic E-state index is -1.37. The maximum Gasteiger partial charge on any atom is 0.237 e. The summed E-state index contributed by atoms with van der Waals surface area (Å²) in [6.07, 6.45) is -0.554. The van der Waals surface area contributed by atoms with E-state index in [0.717, 1.165) is 5.56 Å². The van der Waals surface area contributed by atoms with Gasteiger partial charge in [-0.05, 0) is 52.3 Å². The summed E-state index contributed by atoms with van der Waals surface area (Å²) in [4.78, 5) is 16.9. The van der Waals surface area contributed by atoms with Crippen molar-refractivity contribution in [2.45, 2.75) is 62.8 Å². The summed E-state index contributed by atoms with van der Waals surface area (Å²) in [6, 6.07) is 27.0. The van der Waals surface area contributed by atoms with E-state index in [4.69, 9.17) is 23.2 Å². The zero-order valence-electron chi connectivity index (χ0n) is 25.4. The number of anilines is 1. The number of halogens is 3. The Morgan fingerprint density at radius 1 is 0.933 bits per heavy atom. The van der Waals surface area contributed by atoms with E-state index in [0.29, 0.717) is 28.3 Å². The van der Waals surface area contributed by atoms with Crippen molar-refractivity contribution in [2.24, 2.45) is 5.41 Å². The molecular formula is C37H37Cl2FN2O3. The Hall–Kier alpha value is -3.26. The number of aliphatic hydroxyl groups excluding tert-OH is 2. The fourth-order valence-electron chi connectivity index (χ4n) is 7.78. The molecule has 8 heteroatoms. The summed E-state index contributed by atoms with van der Waals surface area (Å²) in [5, 5.41) is 27.1. The van der Waals surface area contributed by atoms with E-state index in [-0.39, 0.29) is 21.9 Å². The molecule has 1 saturated heterocycles. The number of nitrogens with one attached hydrogen (secondary N) is 1. The number of hydrogen-bond donors (Lipinski definition) is 3. The van der Waals surface area contributed by atoms with Gasteiger partial charge in [-0.25, -0.2) is 4.39 Å². The number of amides is 1. The molecule has 234 valence electrons. The van der Waals surface area contributed by atoms with Crippen LogP contribution in [0.5, 0.6) is 0 Å². The maximum absolute atomic E-state index is 16.3. The normalized spacial score (nSPS) is 24.4. The molecule has 6 rings (SSSR count). The van der Waals surface area contributed by atoms with Gasteiger partial charge in [-0.1, -0.05) is 123 Å². The van der Waals surface area contributed by atoms with Crippen LogP contribution in [0.1, 0.15) is 67.5 Å². The van der Waals surface area contributed by atoms with Crippen molar-refractivity contribution >= 4 is 34.8 Å².